The van der Waals surface area contributed by atoms with Gasteiger partial charge in [-0.25, -0.2) is 10.3 Å². The SMILES string of the molecule is NOCc1nc(Cc2ccccc2F)no1. The van der Waals surface area contributed by atoms with Gasteiger partial charge in [0.2, 0.25) is 0 Å². The van der Waals surface area contributed by atoms with E-state index < -0.39 is 0 Å². The van der Waals surface area contributed by atoms with Gasteiger partial charge in [-0.2, -0.15) is 4.98 Å². The van der Waals surface area contributed by atoms with Gasteiger partial charge in [0.25, 0.3) is 5.89 Å². The van der Waals surface area contributed by atoms with Crippen LogP contribution in [-0.4, -0.2) is 10.1 Å². The summed E-state index contributed by atoms with van der Waals surface area (Å²) in [6, 6.07) is 6.44. The Balaban J connectivity index is 2.11. The molecule has 1 aromatic carbocycles. The average molecular weight is 223 g/mol. The molecule has 0 amide bonds. The topological polar surface area (TPSA) is 74.2 Å². The van der Waals surface area contributed by atoms with E-state index in [0.29, 0.717) is 11.4 Å². The molecule has 0 aliphatic heterocycles. The molecule has 0 fully saturated rings. The molecule has 2 rings (SSSR count). The molecule has 0 atom stereocenters. The van der Waals surface area contributed by atoms with Crippen molar-refractivity contribution in [3.05, 3.63) is 47.4 Å². The molecule has 2 aromatic rings. The lowest BCUT2D eigenvalue weighted by Crippen LogP contribution is -1.99. The second-order valence-corrected chi connectivity index (χ2v) is 3.18. The third kappa shape index (κ3) is 2.41. The van der Waals surface area contributed by atoms with Crippen molar-refractivity contribution in [3.63, 3.8) is 0 Å². The molecular formula is C10H10FN3O2. The lowest BCUT2D eigenvalue weighted by Gasteiger charge is -1.97. The quantitative estimate of drug-likeness (QED) is 0.788. The molecule has 16 heavy (non-hydrogen) atoms. The Bertz CT molecular complexity index is 473. The van der Waals surface area contributed by atoms with Crippen LogP contribution in [0.5, 0.6) is 0 Å². The molecule has 0 aliphatic rings. The molecule has 1 aromatic heterocycles. The van der Waals surface area contributed by atoms with Crippen LogP contribution < -0.4 is 5.90 Å². The maximum absolute atomic E-state index is 13.3. The molecule has 2 N–H and O–H groups in total. The highest BCUT2D eigenvalue weighted by molar-refractivity contribution is 5.20. The summed E-state index contributed by atoms with van der Waals surface area (Å²) in [5.41, 5.74) is 0.517. The Kier molecular flexibility index (Phi) is 3.23. The van der Waals surface area contributed by atoms with E-state index in [4.69, 9.17) is 10.4 Å². The highest BCUT2D eigenvalue weighted by atomic mass is 19.1. The molecule has 0 spiro atoms. The van der Waals surface area contributed by atoms with E-state index in [9.17, 15) is 4.39 Å². The van der Waals surface area contributed by atoms with Crippen molar-refractivity contribution in [2.45, 2.75) is 13.0 Å². The summed E-state index contributed by atoms with van der Waals surface area (Å²) >= 11 is 0. The number of rotatable bonds is 4. The van der Waals surface area contributed by atoms with Crippen LogP contribution in [0.3, 0.4) is 0 Å². The van der Waals surface area contributed by atoms with E-state index in [2.05, 4.69) is 15.0 Å². The van der Waals surface area contributed by atoms with Crippen molar-refractivity contribution < 1.29 is 13.8 Å². The van der Waals surface area contributed by atoms with Crippen LogP contribution >= 0.6 is 0 Å². The largest absolute Gasteiger partial charge is 0.337 e. The summed E-state index contributed by atoms with van der Waals surface area (Å²) < 4.78 is 18.1. The second-order valence-electron chi connectivity index (χ2n) is 3.18. The fourth-order valence-electron chi connectivity index (χ4n) is 1.30. The van der Waals surface area contributed by atoms with Gasteiger partial charge >= 0.3 is 0 Å². The molecule has 0 saturated carbocycles. The van der Waals surface area contributed by atoms with Gasteiger partial charge in [-0.15, -0.1) is 0 Å². The van der Waals surface area contributed by atoms with Crippen molar-refractivity contribution in [2.75, 3.05) is 0 Å². The fraction of sp³-hybridized carbons (Fsp3) is 0.200. The summed E-state index contributed by atoms with van der Waals surface area (Å²) in [7, 11) is 0. The van der Waals surface area contributed by atoms with Crippen LogP contribution in [0, 0.1) is 5.82 Å². The Morgan fingerprint density at radius 1 is 1.38 bits per heavy atom. The first-order valence-electron chi connectivity index (χ1n) is 4.66. The second kappa shape index (κ2) is 4.82. The number of hydrogen-bond acceptors (Lipinski definition) is 5. The van der Waals surface area contributed by atoms with Crippen molar-refractivity contribution in [1.29, 1.82) is 0 Å². The Morgan fingerprint density at radius 3 is 2.94 bits per heavy atom. The van der Waals surface area contributed by atoms with Gasteiger partial charge < -0.3 is 4.52 Å². The first-order chi connectivity index (χ1) is 7.79. The monoisotopic (exact) mass is 223 g/mol. The molecule has 0 bridgehead atoms. The maximum atomic E-state index is 13.3. The van der Waals surface area contributed by atoms with Crippen molar-refractivity contribution >= 4 is 0 Å². The smallest absolute Gasteiger partial charge is 0.254 e. The molecule has 5 nitrogen and oxygen atoms in total. The molecule has 0 saturated heterocycles. The molecule has 0 unspecified atom stereocenters. The third-order valence-corrected chi connectivity index (χ3v) is 2.02. The molecule has 6 heteroatoms. The van der Waals surface area contributed by atoms with Crippen LogP contribution in [0.2, 0.25) is 0 Å². The van der Waals surface area contributed by atoms with Gasteiger partial charge in [-0.1, -0.05) is 23.4 Å². The van der Waals surface area contributed by atoms with Crippen LogP contribution in [0.1, 0.15) is 17.3 Å². The van der Waals surface area contributed by atoms with Gasteiger partial charge in [-0.3, -0.25) is 4.84 Å². The predicted molar refractivity (Wildman–Crippen MR) is 52.5 cm³/mol. The summed E-state index contributed by atoms with van der Waals surface area (Å²) in [5.74, 6) is 5.24. The normalized spacial score (nSPS) is 10.6. The number of nitrogens with two attached hydrogens (primary N) is 1. The lowest BCUT2D eigenvalue weighted by atomic mass is 10.1. The highest BCUT2D eigenvalue weighted by Gasteiger charge is 2.09. The zero-order valence-electron chi connectivity index (χ0n) is 8.39. The van der Waals surface area contributed by atoms with E-state index in [1.807, 2.05) is 0 Å². The van der Waals surface area contributed by atoms with Gasteiger partial charge in [0.05, 0.1) is 0 Å². The summed E-state index contributed by atoms with van der Waals surface area (Å²) in [6.45, 7) is 0.0459. The van der Waals surface area contributed by atoms with Crippen LogP contribution in [0.4, 0.5) is 4.39 Å². The van der Waals surface area contributed by atoms with Crippen LogP contribution in [0.25, 0.3) is 0 Å². The van der Waals surface area contributed by atoms with Gasteiger partial charge in [0.1, 0.15) is 12.4 Å². The van der Waals surface area contributed by atoms with E-state index in [0.717, 1.165) is 0 Å². The first kappa shape index (κ1) is 10.7. The first-order valence-corrected chi connectivity index (χ1v) is 4.66. The van der Waals surface area contributed by atoms with E-state index in [1.165, 1.54) is 6.07 Å². The minimum atomic E-state index is -0.288. The molecule has 0 aliphatic carbocycles. The maximum Gasteiger partial charge on any atom is 0.254 e. The molecule has 0 radical (unpaired) electrons. The van der Waals surface area contributed by atoms with Gasteiger partial charge in [0, 0.05) is 6.42 Å². The predicted octanol–water partition coefficient (Wildman–Crippen LogP) is 1.19. The molecule has 84 valence electrons. The minimum Gasteiger partial charge on any atom is -0.337 e. The molecular weight excluding hydrogens is 213 g/mol. The van der Waals surface area contributed by atoms with Crippen LogP contribution in [0.15, 0.2) is 28.8 Å². The van der Waals surface area contributed by atoms with Gasteiger partial charge in [-0.05, 0) is 11.6 Å². The van der Waals surface area contributed by atoms with Crippen molar-refractivity contribution in [2.24, 2.45) is 5.90 Å². The number of benzene rings is 1. The van der Waals surface area contributed by atoms with E-state index >= 15 is 0 Å². The minimum absolute atomic E-state index is 0.0459. The lowest BCUT2D eigenvalue weighted by molar-refractivity contribution is 0.0995. The fourth-order valence-corrected chi connectivity index (χ4v) is 1.30. The zero-order valence-corrected chi connectivity index (χ0v) is 8.39. The van der Waals surface area contributed by atoms with E-state index in [1.54, 1.807) is 18.2 Å². The average Bonchev–Trinajstić information content (AvgIpc) is 2.70. The Hall–Kier alpha value is -1.79. The third-order valence-electron chi connectivity index (χ3n) is 2.02. The van der Waals surface area contributed by atoms with Crippen LogP contribution in [-0.2, 0) is 17.9 Å². The highest BCUT2D eigenvalue weighted by Crippen LogP contribution is 2.11. The summed E-state index contributed by atoms with van der Waals surface area (Å²) in [5, 5.41) is 3.68. The summed E-state index contributed by atoms with van der Waals surface area (Å²) in [4.78, 5) is 8.33. The number of halogens is 1. The Labute approximate surface area is 91.0 Å². The molecule has 1 heterocycles. The summed E-state index contributed by atoms with van der Waals surface area (Å²) in [6.07, 6.45) is 0.279. The van der Waals surface area contributed by atoms with Crippen molar-refractivity contribution in [1.82, 2.24) is 10.1 Å². The Morgan fingerprint density at radius 2 is 2.19 bits per heavy atom. The number of hydrogen-bond donors (Lipinski definition) is 1. The van der Waals surface area contributed by atoms with Crippen molar-refractivity contribution in [3.8, 4) is 0 Å². The standard InChI is InChI=1S/C10H10FN3O2/c11-8-4-2-1-3-7(8)5-9-13-10(6-15-12)16-14-9/h1-4H,5-6,12H2. The van der Waals surface area contributed by atoms with E-state index in [-0.39, 0.29) is 24.7 Å². The number of aromatic nitrogens is 2. The zero-order chi connectivity index (χ0) is 11.4. The number of nitrogens with zero attached hydrogens (tertiary/aromatic N) is 2. The van der Waals surface area contributed by atoms with Gasteiger partial charge in [0.15, 0.2) is 5.82 Å².